The first-order chi connectivity index (χ1) is 14.1. The highest BCUT2D eigenvalue weighted by Crippen LogP contribution is 2.21. The first kappa shape index (κ1) is 19.6. The molecule has 0 saturated carbocycles. The molecule has 0 bridgehead atoms. The molecule has 7 heteroatoms. The van der Waals surface area contributed by atoms with Crippen molar-refractivity contribution in [3.8, 4) is 5.82 Å². The van der Waals surface area contributed by atoms with Gasteiger partial charge in [-0.05, 0) is 37.3 Å². The van der Waals surface area contributed by atoms with E-state index >= 15 is 0 Å². The van der Waals surface area contributed by atoms with E-state index in [4.69, 9.17) is 11.6 Å². The van der Waals surface area contributed by atoms with Gasteiger partial charge in [0, 0.05) is 56.1 Å². The van der Waals surface area contributed by atoms with Crippen LogP contribution in [-0.4, -0.2) is 58.2 Å². The minimum absolute atomic E-state index is 0.127. The Bertz CT molecular complexity index is 980. The van der Waals surface area contributed by atoms with Crippen molar-refractivity contribution in [3.63, 3.8) is 0 Å². The van der Waals surface area contributed by atoms with Crippen LogP contribution in [0.1, 0.15) is 22.5 Å². The van der Waals surface area contributed by atoms with Gasteiger partial charge in [0.2, 0.25) is 0 Å². The molecule has 2 aromatic heterocycles. The smallest absolute Gasteiger partial charge is 0.167 e. The molecule has 0 spiro atoms. The minimum atomic E-state index is 0.127. The summed E-state index contributed by atoms with van der Waals surface area (Å²) in [5.74, 6) is 0.850. The molecule has 0 atom stereocenters. The first-order valence-electron chi connectivity index (χ1n) is 9.84. The van der Waals surface area contributed by atoms with Gasteiger partial charge in [0.15, 0.2) is 11.6 Å². The number of ketones is 1. The maximum absolute atomic E-state index is 12.8. The lowest BCUT2D eigenvalue weighted by Gasteiger charge is -2.36. The van der Waals surface area contributed by atoms with Crippen molar-refractivity contribution in [2.45, 2.75) is 13.3 Å². The number of benzene rings is 1. The zero-order chi connectivity index (χ0) is 20.2. The number of hydrogen-bond donors (Lipinski definition) is 0. The Morgan fingerprint density at radius 1 is 1.10 bits per heavy atom. The second kappa shape index (κ2) is 8.76. The van der Waals surface area contributed by atoms with Gasteiger partial charge in [-0.3, -0.25) is 9.69 Å². The maximum Gasteiger partial charge on any atom is 0.167 e. The molecule has 1 aliphatic rings. The second-order valence-electron chi connectivity index (χ2n) is 7.23. The second-order valence-corrected chi connectivity index (χ2v) is 7.66. The van der Waals surface area contributed by atoms with Crippen LogP contribution in [0, 0.1) is 6.92 Å². The Labute approximate surface area is 175 Å². The van der Waals surface area contributed by atoms with Crippen molar-refractivity contribution < 1.29 is 4.79 Å². The van der Waals surface area contributed by atoms with Gasteiger partial charge in [-0.25, -0.2) is 9.67 Å². The van der Waals surface area contributed by atoms with Crippen molar-refractivity contribution in [2.75, 3.05) is 37.6 Å². The molecule has 0 unspecified atom stereocenters. The van der Waals surface area contributed by atoms with E-state index in [9.17, 15) is 4.79 Å². The van der Waals surface area contributed by atoms with E-state index in [0.29, 0.717) is 12.0 Å². The average Bonchev–Trinajstić information content (AvgIpc) is 3.14. The molecule has 1 saturated heterocycles. The Morgan fingerprint density at radius 3 is 2.66 bits per heavy atom. The standard InChI is InChI=1S/C22H24ClN5O/c1-17-20(16-25-28(17)22-7-2-3-9-24-22)21(29)8-10-26-11-13-27(14-12-26)19-6-4-5-18(23)15-19/h2-7,9,15-16H,8,10-14H2,1H3. The van der Waals surface area contributed by atoms with Gasteiger partial charge in [0.05, 0.1) is 17.5 Å². The van der Waals surface area contributed by atoms with Gasteiger partial charge in [0.25, 0.3) is 0 Å². The lowest BCUT2D eigenvalue weighted by molar-refractivity contribution is 0.0962. The lowest BCUT2D eigenvalue weighted by atomic mass is 10.1. The van der Waals surface area contributed by atoms with Crippen LogP contribution >= 0.6 is 11.6 Å². The molecule has 0 radical (unpaired) electrons. The molecule has 1 aromatic carbocycles. The third kappa shape index (κ3) is 4.49. The summed E-state index contributed by atoms with van der Waals surface area (Å²) < 4.78 is 1.72. The predicted octanol–water partition coefficient (Wildman–Crippen LogP) is 3.62. The Balaban J connectivity index is 1.31. The fourth-order valence-corrected chi connectivity index (χ4v) is 3.87. The molecule has 0 aliphatic carbocycles. The Morgan fingerprint density at radius 2 is 1.93 bits per heavy atom. The summed E-state index contributed by atoms with van der Waals surface area (Å²) in [5.41, 5.74) is 2.67. The first-order valence-corrected chi connectivity index (χ1v) is 10.2. The van der Waals surface area contributed by atoms with E-state index in [1.165, 1.54) is 0 Å². The Hall–Kier alpha value is -2.70. The number of nitrogens with zero attached hydrogens (tertiary/aromatic N) is 5. The van der Waals surface area contributed by atoms with Crippen molar-refractivity contribution in [2.24, 2.45) is 0 Å². The van der Waals surface area contributed by atoms with Crippen LogP contribution in [0.4, 0.5) is 5.69 Å². The Kier molecular flexibility index (Phi) is 5.92. The van der Waals surface area contributed by atoms with Crippen LogP contribution in [-0.2, 0) is 0 Å². The normalized spacial score (nSPS) is 14.9. The van der Waals surface area contributed by atoms with Crippen molar-refractivity contribution >= 4 is 23.1 Å². The van der Waals surface area contributed by atoms with E-state index in [2.05, 4.69) is 25.9 Å². The number of piperazine rings is 1. The predicted molar refractivity (Wildman–Crippen MR) is 115 cm³/mol. The molecule has 0 amide bonds. The zero-order valence-corrected chi connectivity index (χ0v) is 17.2. The molecule has 29 heavy (non-hydrogen) atoms. The van der Waals surface area contributed by atoms with Gasteiger partial charge in [-0.2, -0.15) is 5.10 Å². The molecule has 3 aromatic rings. The van der Waals surface area contributed by atoms with Gasteiger partial charge < -0.3 is 4.90 Å². The number of carbonyl (C=O) groups excluding carboxylic acids is 1. The minimum Gasteiger partial charge on any atom is -0.369 e. The van der Waals surface area contributed by atoms with E-state index in [0.717, 1.165) is 54.9 Å². The number of carbonyl (C=O) groups is 1. The maximum atomic E-state index is 12.8. The summed E-state index contributed by atoms with van der Waals surface area (Å²) in [4.78, 5) is 21.7. The van der Waals surface area contributed by atoms with E-state index < -0.39 is 0 Å². The van der Waals surface area contributed by atoms with Crippen LogP contribution in [0.25, 0.3) is 5.82 Å². The molecule has 6 nitrogen and oxygen atoms in total. The quantitative estimate of drug-likeness (QED) is 0.582. The van der Waals surface area contributed by atoms with Crippen LogP contribution < -0.4 is 4.90 Å². The third-order valence-corrected chi connectivity index (χ3v) is 5.61. The number of aromatic nitrogens is 3. The molecular weight excluding hydrogens is 386 g/mol. The fourth-order valence-electron chi connectivity index (χ4n) is 3.69. The van der Waals surface area contributed by atoms with Crippen molar-refractivity contribution in [1.29, 1.82) is 0 Å². The van der Waals surface area contributed by atoms with Gasteiger partial charge in [-0.15, -0.1) is 0 Å². The summed E-state index contributed by atoms with van der Waals surface area (Å²) >= 11 is 6.10. The van der Waals surface area contributed by atoms with Crippen molar-refractivity contribution in [1.82, 2.24) is 19.7 Å². The number of pyridine rings is 1. The van der Waals surface area contributed by atoms with E-state index in [1.54, 1.807) is 17.1 Å². The highest BCUT2D eigenvalue weighted by molar-refractivity contribution is 6.30. The lowest BCUT2D eigenvalue weighted by Crippen LogP contribution is -2.46. The summed E-state index contributed by atoms with van der Waals surface area (Å²) in [6.07, 6.45) is 3.87. The summed E-state index contributed by atoms with van der Waals surface area (Å²) in [6, 6.07) is 13.6. The van der Waals surface area contributed by atoms with Gasteiger partial charge in [-0.1, -0.05) is 23.7 Å². The largest absolute Gasteiger partial charge is 0.369 e. The number of Topliss-reactive ketones (excluding diaryl/α,β-unsaturated/α-hetero) is 1. The van der Waals surface area contributed by atoms with Crippen LogP contribution in [0.2, 0.25) is 5.02 Å². The van der Waals surface area contributed by atoms with E-state index in [1.807, 2.05) is 43.3 Å². The number of hydrogen-bond acceptors (Lipinski definition) is 5. The molecule has 1 fully saturated rings. The fraction of sp³-hybridized carbons (Fsp3) is 0.318. The SMILES string of the molecule is Cc1c(C(=O)CCN2CCN(c3cccc(Cl)c3)CC2)cnn1-c1ccccn1. The molecule has 150 valence electrons. The van der Waals surface area contributed by atoms with Crippen LogP contribution in [0.15, 0.2) is 54.9 Å². The molecular formula is C22H24ClN5O. The number of rotatable bonds is 6. The highest BCUT2D eigenvalue weighted by atomic mass is 35.5. The van der Waals surface area contributed by atoms with Crippen LogP contribution in [0.5, 0.6) is 0 Å². The summed E-state index contributed by atoms with van der Waals surface area (Å²) in [6.45, 7) is 6.42. The highest BCUT2D eigenvalue weighted by Gasteiger charge is 2.20. The summed E-state index contributed by atoms with van der Waals surface area (Å²) in [7, 11) is 0. The monoisotopic (exact) mass is 409 g/mol. The summed E-state index contributed by atoms with van der Waals surface area (Å²) in [5, 5.41) is 5.12. The molecule has 3 heterocycles. The van der Waals surface area contributed by atoms with Crippen LogP contribution in [0.3, 0.4) is 0 Å². The molecule has 1 aliphatic heterocycles. The van der Waals surface area contributed by atoms with E-state index in [-0.39, 0.29) is 5.78 Å². The third-order valence-electron chi connectivity index (χ3n) is 5.38. The number of halogens is 1. The topological polar surface area (TPSA) is 54.3 Å². The zero-order valence-electron chi connectivity index (χ0n) is 16.5. The number of anilines is 1. The molecule has 4 rings (SSSR count). The average molecular weight is 410 g/mol. The molecule has 0 N–H and O–H groups in total. The van der Waals surface area contributed by atoms with Gasteiger partial charge >= 0.3 is 0 Å². The van der Waals surface area contributed by atoms with Crippen molar-refractivity contribution in [3.05, 3.63) is 71.1 Å². The van der Waals surface area contributed by atoms with Gasteiger partial charge in [0.1, 0.15) is 0 Å².